The van der Waals surface area contributed by atoms with Crippen LogP contribution in [0.3, 0.4) is 0 Å². The van der Waals surface area contributed by atoms with Gasteiger partial charge in [-0.05, 0) is 17.7 Å². The Morgan fingerprint density at radius 1 is 1.44 bits per heavy atom. The minimum Gasteiger partial charge on any atom is -0.465 e. The number of halogens is 1. The molecule has 0 aliphatic rings. The third-order valence-corrected chi connectivity index (χ3v) is 2.37. The monoisotopic (exact) mass is 241 g/mol. The summed E-state index contributed by atoms with van der Waals surface area (Å²) in [4.78, 5) is 22.3. The average molecular weight is 242 g/mol. The van der Waals surface area contributed by atoms with Crippen LogP contribution in [0.2, 0.25) is 0 Å². The highest BCUT2D eigenvalue weighted by molar-refractivity contribution is 6.27. The highest BCUT2D eigenvalue weighted by Crippen LogP contribution is 2.16. The summed E-state index contributed by atoms with van der Waals surface area (Å²) < 4.78 is 4.55. The molecule has 5 heteroatoms. The first kappa shape index (κ1) is 12.5. The third kappa shape index (κ3) is 2.97. The lowest BCUT2D eigenvalue weighted by Crippen LogP contribution is -2.08. The SMILES string of the molecule is COC(=O)c1ccc(CC(=O)CCl)cc1N. The number of nitrogens with two attached hydrogens (primary N) is 1. The fourth-order valence-electron chi connectivity index (χ4n) is 1.29. The molecular weight excluding hydrogens is 230 g/mol. The van der Waals surface area contributed by atoms with E-state index in [-0.39, 0.29) is 18.1 Å². The Balaban J connectivity index is 2.91. The molecule has 1 rings (SSSR count). The fraction of sp³-hybridized carbons (Fsp3) is 0.273. The van der Waals surface area contributed by atoms with Gasteiger partial charge in [-0.15, -0.1) is 11.6 Å². The smallest absolute Gasteiger partial charge is 0.339 e. The number of carbonyl (C=O) groups is 2. The van der Waals surface area contributed by atoms with Gasteiger partial charge in [-0.3, -0.25) is 4.79 Å². The molecule has 0 amide bonds. The molecule has 1 aromatic carbocycles. The van der Waals surface area contributed by atoms with Gasteiger partial charge >= 0.3 is 5.97 Å². The molecule has 0 aromatic heterocycles. The van der Waals surface area contributed by atoms with Gasteiger partial charge in [-0.1, -0.05) is 6.07 Å². The van der Waals surface area contributed by atoms with E-state index >= 15 is 0 Å². The second-order valence-corrected chi connectivity index (χ2v) is 3.53. The van der Waals surface area contributed by atoms with Crippen LogP contribution < -0.4 is 5.73 Å². The number of Topliss-reactive ketones (excluding diaryl/α,β-unsaturated/α-hetero) is 1. The first-order valence-electron chi connectivity index (χ1n) is 4.63. The number of alkyl halides is 1. The zero-order chi connectivity index (χ0) is 12.1. The lowest BCUT2D eigenvalue weighted by atomic mass is 10.1. The van der Waals surface area contributed by atoms with Crippen molar-refractivity contribution in [2.45, 2.75) is 6.42 Å². The topological polar surface area (TPSA) is 69.4 Å². The highest BCUT2D eigenvalue weighted by Gasteiger charge is 2.11. The Hall–Kier alpha value is -1.55. The first-order valence-corrected chi connectivity index (χ1v) is 5.16. The van der Waals surface area contributed by atoms with Gasteiger partial charge in [0.1, 0.15) is 0 Å². The van der Waals surface area contributed by atoms with Gasteiger partial charge in [0.05, 0.1) is 18.6 Å². The Morgan fingerprint density at radius 2 is 2.12 bits per heavy atom. The summed E-state index contributed by atoms with van der Waals surface area (Å²) in [7, 11) is 1.28. The number of ketones is 1. The summed E-state index contributed by atoms with van der Waals surface area (Å²) in [5.74, 6) is -0.613. The largest absolute Gasteiger partial charge is 0.465 e. The van der Waals surface area contributed by atoms with E-state index in [1.807, 2.05) is 0 Å². The van der Waals surface area contributed by atoms with Crippen LogP contribution in [0.25, 0.3) is 0 Å². The molecule has 0 atom stereocenters. The van der Waals surface area contributed by atoms with Crippen molar-refractivity contribution in [3.05, 3.63) is 29.3 Å². The molecular formula is C11H12ClNO3. The highest BCUT2D eigenvalue weighted by atomic mass is 35.5. The Morgan fingerprint density at radius 3 is 2.62 bits per heavy atom. The lowest BCUT2D eigenvalue weighted by Gasteiger charge is -2.05. The molecule has 0 saturated carbocycles. The van der Waals surface area contributed by atoms with Crippen molar-refractivity contribution < 1.29 is 14.3 Å². The van der Waals surface area contributed by atoms with Crippen LogP contribution in [0.1, 0.15) is 15.9 Å². The van der Waals surface area contributed by atoms with E-state index in [0.29, 0.717) is 11.3 Å². The summed E-state index contributed by atoms with van der Waals surface area (Å²) in [5.41, 5.74) is 7.00. The number of anilines is 1. The molecule has 86 valence electrons. The van der Waals surface area contributed by atoms with Gasteiger partial charge in [-0.25, -0.2) is 4.79 Å². The molecule has 4 nitrogen and oxygen atoms in total. The maximum absolute atomic E-state index is 11.2. The van der Waals surface area contributed by atoms with Crippen molar-refractivity contribution in [1.29, 1.82) is 0 Å². The molecule has 0 radical (unpaired) electrons. The fourth-order valence-corrected chi connectivity index (χ4v) is 1.39. The number of hydrogen-bond donors (Lipinski definition) is 1. The maximum atomic E-state index is 11.2. The lowest BCUT2D eigenvalue weighted by molar-refractivity contribution is -0.116. The summed E-state index contributed by atoms with van der Waals surface area (Å²) >= 11 is 5.39. The van der Waals surface area contributed by atoms with Crippen molar-refractivity contribution in [2.24, 2.45) is 0 Å². The Labute approximate surface area is 98.3 Å². The van der Waals surface area contributed by atoms with Gasteiger partial charge < -0.3 is 10.5 Å². The number of ether oxygens (including phenoxy) is 1. The number of methoxy groups -OCH3 is 1. The van der Waals surface area contributed by atoms with Gasteiger partial charge in [-0.2, -0.15) is 0 Å². The Bertz CT molecular complexity index is 418. The number of carbonyl (C=O) groups excluding carboxylic acids is 2. The van der Waals surface area contributed by atoms with E-state index in [2.05, 4.69) is 4.74 Å². The van der Waals surface area contributed by atoms with Crippen LogP contribution in [-0.2, 0) is 16.0 Å². The van der Waals surface area contributed by atoms with E-state index < -0.39 is 5.97 Å². The quantitative estimate of drug-likeness (QED) is 0.492. The number of benzene rings is 1. The second kappa shape index (κ2) is 5.51. The van der Waals surface area contributed by atoms with Crippen LogP contribution >= 0.6 is 11.6 Å². The van der Waals surface area contributed by atoms with Gasteiger partial charge in [0.15, 0.2) is 5.78 Å². The van der Waals surface area contributed by atoms with Crippen LogP contribution in [-0.4, -0.2) is 24.7 Å². The summed E-state index contributed by atoms with van der Waals surface area (Å²) in [6, 6.07) is 4.78. The van der Waals surface area contributed by atoms with Crippen molar-refractivity contribution in [2.75, 3.05) is 18.7 Å². The standard InChI is InChI=1S/C11H12ClNO3/c1-16-11(15)9-3-2-7(5-10(9)13)4-8(14)6-12/h2-3,5H,4,6,13H2,1H3. The molecule has 0 unspecified atom stereocenters. The maximum Gasteiger partial charge on any atom is 0.339 e. The number of hydrogen-bond acceptors (Lipinski definition) is 4. The predicted molar refractivity (Wildman–Crippen MR) is 61.6 cm³/mol. The third-order valence-electron chi connectivity index (χ3n) is 2.07. The predicted octanol–water partition coefficient (Wildman–Crippen LogP) is 1.41. The van der Waals surface area contributed by atoms with Crippen molar-refractivity contribution in [3.8, 4) is 0 Å². The van der Waals surface area contributed by atoms with Crippen molar-refractivity contribution in [1.82, 2.24) is 0 Å². The summed E-state index contributed by atoms with van der Waals surface area (Å²) in [6.07, 6.45) is 0.217. The van der Waals surface area contributed by atoms with Crippen LogP contribution in [0.5, 0.6) is 0 Å². The van der Waals surface area contributed by atoms with E-state index in [4.69, 9.17) is 17.3 Å². The molecule has 1 aromatic rings. The Kier molecular flexibility index (Phi) is 4.31. The van der Waals surface area contributed by atoms with Crippen molar-refractivity contribution in [3.63, 3.8) is 0 Å². The van der Waals surface area contributed by atoms with Crippen LogP contribution in [0.15, 0.2) is 18.2 Å². The van der Waals surface area contributed by atoms with Crippen molar-refractivity contribution >= 4 is 29.0 Å². The minimum atomic E-state index is -0.493. The van der Waals surface area contributed by atoms with Crippen LogP contribution in [0.4, 0.5) is 5.69 Å². The molecule has 0 fully saturated rings. The van der Waals surface area contributed by atoms with Gasteiger partial charge in [0, 0.05) is 12.1 Å². The molecule has 0 aliphatic carbocycles. The molecule has 0 heterocycles. The normalized spacial score (nSPS) is 9.88. The van der Waals surface area contributed by atoms with E-state index in [0.717, 1.165) is 5.56 Å². The first-order chi connectivity index (χ1) is 7.58. The summed E-state index contributed by atoms with van der Waals surface area (Å²) in [5, 5.41) is 0. The van der Waals surface area contributed by atoms with Gasteiger partial charge in [0.2, 0.25) is 0 Å². The molecule has 0 spiro atoms. The number of esters is 1. The molecule has 16 heavy (non-hydrogen) atoms. The van der Waals surface area contributed by atoms with E-state index in [9.17, 15) is 9.59 Å². The zero-order valence-electron chi connectivity index (χ0n) is 8.83. The number of rotatable bonds is 4. The molecule has 0 aliphatic heterocycles. The molecule has 0 saturated heterocycles. The van der Waals surface area contributed by atoms with Gasteiger partial charge in [0.25, 0.3) is 0 Å². The molecule has 2 N–H and O–H groups in total. The second-order valence-electron chi connectivity index (χ2n) is 3.26. The van der Waals surface area contributed by atoms with Crippen LogP contribution in [0, 0.1) is 0 Å². The van der Waals surface area contributed by atoms with E-state index in [1.54, 1.807) is 12.1 Å². The average Bonchev–Trinajstić information content (AvgIpc) is 2.28. The number of nitrogen functional groups attached to an aromatic ring is 1. The summed E-state index contributed by atoms with van der Waals surface area (Å²) in [6.45, 7) is 0. The zero-order valence-corrected chi connectivity index (χ0v) is 9.58. The molecule has 0 bridgehead atoms. The minimum absolute atomic E-state index is 0.0291. The van der Waals surface area contributed by atoms with E-state index in [1.165, 1.54) is 13.2 Å².